The zero-order valence-electron chi connectivity index (χ0n) is 11.8. The summed E-state index contributed by atoms with van der Waals surface area (Å²) in [5.41, 5.74) is 2.76. The Morgan fingerprint density at radius 1 is 1.32 bits per heavy atom. The zero-order chi connectivity index (χ0) is 15.4. The minimum absolute atomic E-state index is 0.0208. The number of pyridine rings is 1. The topological polar surface area (TPSA) is 78.6 Å². The first kappa shape index (κ1) is 13.4. The summed E-state index contributed by atoms with van der Waals surface area (Å²) in [5, 5.41) is 8.35. The van der Waals surface area contributed by atoms with Crippen molar-refractivity contribution in [3.05, 3.63) is 39.1 Å². The Bertz CT molecular complexity index is 1080. The van der Waals surface area contributed by atoms with Gasteiger partial charge in [-0.1, -0.05) is 6.07 Å². The van der Waals surface area contributed by atoms with E-state index in [4.69, 9.17) is 0 Å². The number of aromatic nitrogens is 3. The van der Waals surface area contributed by atoms with E-state index in [0.29, 0.717) is 16.0 Å². The molecule has 2 N–H and O–H groups in total. The standard InChI is InChI=1S/C15H11N3O2S2/c1-6-9(7(2)19)10(8-4-3-5-21-8)11-12-13(14(20)18-17-12)22-15(11)16-6/h3-5H,1-2H3,(H2,17,18,20). The lowest BCUT2D eigenvalue weighted by Gasteiger charge is -2.10. The van der Waals surface area contributed by atoms with Crippen molar-refractivity contribution in [2.75, 3.05) is 0 Å². The van der Waals surface area contributed by atoms with Crippen LogP contribution in [-0.2, 0) is 0 Å². The van der Waals surface area contributed by atoms with E-state index in [2.05, 4.69) is 15.2 Å². The number of ketones is 1. The van der Waals surface area contributed by atoms with Gasteiger partial charge in [0.2, 0.25) is 0 Å². The number of nitrogens with one attached hydrogen (secondary N) is 2. The molecule has 0 radical (unpaired) electrons. The molecule has 4 rings (SSSR count). The minimum Gasteiger partial charge on any atom is -0.296 e. The molecule has 4 heterocycles. The summed E-state index contributed by atoms with van der Waals surface area (Å²) in [7, 11) is 0. The van der Waals surface area contributed by atoms with Crippen LogP contribution in [0.25, 0.3) is 30.9 Å². The molecule has 0 aliphatic rings. The van der Waals surface area contributed by atoms with Gasteiger partial charge < -0.3 is 0 Å². The van der Waals surface area contributed by atoms with Crippen molar-refractivity contribution < 1.29 is 4.79 Å². The molecule has 0 spiro atoms. The van der Waals surface area contributed by atoms with Crippen LogP contribution in [0, 0.1) is 6.92 Å². The Kier molecular flexibility index (Phi) is 2.82. The van der Waals surface area contributed by atoms with E-state index in [0.717, 1.165) is 26.2 Å². The number of carbonyl (C=O) groups excluding carboxylic acids is 1. The number of Topliss-reactive ketones (excluding diaryl/α,β-unsaturated/α-hetero) is 1. The fraction of sp³-hybridized carbons (Fsp3) is 0.133. The van der Waals surface area contributed by atoms with Crippen LogP contribution in [-0.4, -0.2) is 21.0 Å². The molecule has 0 aliphatic heterocycles. The van der Waals surface area contributed by atoms with E-state index in [-0.39, 0.29) is 11.3 Å². The molecule has 0 fully saturated rings. The lowest BCUT2D eigenvalue weighted by atomic mass is 9.99. The summed E-state index contributed by atoms with van der Waals surface area (Å²) in [6.07, 6.45) is 0. The van der Waals surface area contributed by atoms with Gasteiger partial charge in [0, 0.05) is 21.4 Å². The third-order valence-electron chi connectivity index (χ3n) is 3.65. The van der Waals surface area contributed by atoms with Crippen LogP contribution in [0.3, 0.4) is 0 Å². The van der Waals surface area contributed by atoms with Gasteiger partial charge in [-0.3, -0.25) is 19.8 Å². The fourth-order valence-electron chi connectivity index (χ4n) is 2.80. The van der Waals surface area contributed by atoms with Crippen LogP contribution >= 0.6 is 22.7 Å². The maximum atomic E-state index is 12.2. The van der Waals surface area contributed by atoms with E-state index in [1.165, 1.54) is 11.3 Å². The largest absolute Gasteiger partial charge is 0.296 e. The molecular formula is C15H11N3O2S2. The average molecular weight is 329 g/mol. The number of fused-ring (bicyclic) bond motifs is 3. The molecule has 4 aromatic heterocycles. The first-order valence-corrected chi connectivity index (χ1v) is 8.36. The minimum atomic E-state index is -0.155. The van der Waals surface area contributed by atoms with Crippen molar-refractivity contribution in [2.24, 2.45) is 0 Å². The van der Waals surface area contributed by atoms with Crippen LogP contribution < -0.4 is 5.56 Å². The summed E-state index contributed by atoms with van der Waals surface area (Å²) in [4.78, 5) is 30.4. The predicted octanol–water partition coefficient (Wildman–Crippen LogP) is 3.71. The van der Waals surface area contributed by atoms with Gasteiger partial charge in [0.1, 0.15) is 9.53 Å². The average Bonchev–Trinajstić information content (AvgIpc) is 3.15. The second kappa shape index (κ2) is 4.62. The van der Waals surface area contributed by atoms with Crippen molar-refractivity contribution in [2.45, 2.75) is 13.8 Å². The molecule has 0 atom stereocenters. The molecule has 0 saturated carbocycles. The van der Waals surface area contributed by atoms with E-state index >= 15 is 0 Å². The van der Waals surface area contributed by atoms with E-state index in [1.807, 2.05) is 24.4 Å². The summed E-state index contributed by atoms with van der Waals surface area (Å²) in [5.74, 6) is -0.0208. The number of nitrogens with zero attached hydrogens (tertiary/aromatic N) is 1. The number of thiophene rings is 2. The predicted molar refractivity (Wildman–Crippen MR) is 90.2 cm³/mol. The number of aromatic amines is 2. The molecule has 0 amide bonds. The third kappa shape index (κ3) is 1.72. The molecule has 22 heavy (non-hydrogen) atoms. The van der Waals surface area contributed by atoms with Gasteiger partial charge in [0.25, 0.3) is 5.56 Å². The number of H-pyrrole nitrogens is 2. The summed E-state index contributed by atoms with van der Waals surface area (Å²) >= 11 is 2.92. The number of rotatable bonds is 2. The first-order chi connectivity index (χ1) is 10.6. The van der Waals surface area contributed by atoms with Gasteiger partial charge in [0.15, 0.2) is 5.78 Å². The smallest absolute Gasteiger partial charge is 0.281 e. The second-order valence-corrected chi connectivity index (χ2v) is 6.99. The summed E-state index contributed by atoms with van der Waals surface area (Å²) < 4.78 is 0.611. The molecule has 110 valence electrons. The van der Waals surface area contributed by atoms with Crippen molar-refractivity contribution in [3.8, 4) is 10.4 Å². The van der Waals surface area contributed by atoms with Crippen LogP contribution in [0.15, 0.2) is 22.3 Å². The number of hydrogen-bond acceptors (Lipinski definition) is 5. The molecule has 7 heteroatoms. The van der Waals surface area contributed by atoms with Gasteiger partial charge in [-0.15, -0.1) is 22.7 Å². The Labute approximate surface area is 132 Å². The zero-order valence-corrected chi connectivity index (χ0v) is 13.4. The SMILES string of the molecule is CC(=O)c1c(C)nc2sc3c(=O)[nH][nH]c3c2c1-c1cccs1. The van der Waals surface area contributed by atoms with E-state index in [1.54, 1.807) is 18.3 Å². The Morgan fingerprint density at radius 2 is 2.14 bits per heavy atom. The summed E-state index contributed by atoms with van der Waals surface area (Å²) in [6.45, 7) is 3.39. The molecule has 0 aliphatic carbocycles. The number of hydrogen-bond donors (Lipinski definition) is 2. The highest BCUT2D eigenvalue weighted by Gasteiger charge is 2.23. The van der Waals surface area contributed by atoms with Gasteiger partial charge in [-0.2, -0.15) is 0 Å². The molecular weight excluding hydrogens is 318 g/mol. The van der Waals surface area contributed by atoms with Crippen LogP contribution in [0.4, 0.5) is 0 Å². The second-order valence-electron chi connectivity index (χ2n) is 5.05. The van der Waals surface area contributed by atoms with Crippen LogP contribution in [0.2, 0.25) is 0 Å². The quantitative estimate of drug-likeness (QED) is 0.550. The first-order valence-electron chi connectivity index (χ1n) is 6.66. The maximum Gasteiger partial charge on any atom is 0.281 e. The summed E-state index contributed by atoms with van der Waals surface area (Å²) in [6, 6.07) is 3.94. The van der Waals surface area contributed by atoms with Crippen molar-refractivity contribution >= 4 is 48.9 Å². The van der Waals surface area contributed by atoms with Crippen LogP contribution in [0.1, 0.15) is 23.0 Å². The number of carbonyl (C=O) groups is 1. The lowest BCUT2D eigenvalue weighted by Crippen LogP contribution is -2.02. The number of aryl methyl sites for hydroxylation is 1. The van der Waals surface area contributed by atoms with Crippen molar-refractivity contribution in [3.63, 3.8) is 0 Å². The Balaban J connectivity index is 2.30. The Morgan fingerprint density at radius 3 is 2.82 bits per heavy atom. The molecule has 0 aromatic carbocycles. The van der Waals surface area contributed by atoms with E-state index < -0.39 is 0 Å². The molecule has 0 unspecified atom stereocenters. The maximum absolute atomic E-state index is 12.2. The highest BCUT2D eigenvalue weighted by Crippen LogP contribution is 2.41. The molecule has 0 saturated heterocycles. The fourth-order valence-corrected chi connectivity index (χ4v) is 4.66. The molecule has 0 bridgehead atoms. The van der Waals surface area contributed by atoms with E-state index in [9.17, 15) is 9.59 Å². The van der Waals surface area contributed by atoms with Gasteiger partial charge in [-0.05, 0) is 25.3 Å². The highest BCUT2D eigenvalue weighted by atomic mass is 32.1. The molecule has 5 nitrogen and oxygen atoms in total. The normalized spacial score (nSPS) is 11.5. The molecule has 4 aromatic rings. The third-order valence-corrected chi connectivity index (χ3v) is 5.62. The highest BCUT2D eigenvalue weighted by molar-refractivity contribution is 7.25. The van der Waals surface area contributed by atoms with Gasteiger partial charge in [-0.25, -0.2) is 4.98 Å². The Hall–Kier alpha value is -2.25. The van der Waals surface area contributed by atoms with Gasteiger partial charge in [0.05, 0.1) is 11.2 Å². The van der Waals surface area contributed by atoms with Crippen LogP contribution in [0.5, 0.6) is 0 Å². The van der Waals surface area contributed by atoms with Crippen molar-refractivity contribution in [1.29, 1.82) is 0 Å². The lowest BCUT2D eigenvalue weighted by molar-refractivity contribution is 0.101. The monoisotopic (exact) mass is 329 g/mol. The van der Waals surface area contributed by atoms with Gasteiger partial charge >= 0.3 is 0 Å². The van der Waals surface area contributed by atoms with Crippen molar-refractivity contribution in [1.82, 2.24) is 15.2 Å².